The third-order valence-electron chi connectivity index (χ3n) is 2.62. The molecule has 0 radical (unpaired) electrons. The topological polar surface area (TPSA) is 46.5 Å². The van der Waals surface area contributed by atoms with Crippen LogP contribution in [-0.4, -0.2) is 17.4 Å². The lowest BCUT2D eigenvalue weighted by Gasteiger charge is -2.14. The van der Waals surface area contributed by atoms with Gasteiger partial charge in [0.15, 0.2) is 0 Å². The van der Waals surface area contributed by atoms with E-state index in [1.54, 1.807) is 0 Å². The quantitative estimate of drug-likeness (QED) is 0.868. The van der Waals surface area contributed by atoms with Crippen LogP contribution < -0.4 is 4.74 Å². The van der Waals surface area contributed by atoms with Gasteiger partial charge in [0.1, 0.15) is 11.6 Å². The molecule has 0 aliphatic rings. The van der Waals surface area contributed by atoms with E-state index in [4.69, 9.17) is 5.11 Å². The minimum absolute atomic E-state index is 0.185. The van der Waals surface area contributed by atoms with E-state index < -0.39 is 23.9 Å². The number of halogens is 4. The summed E-state index contributed by atoms with van der Waals surface area (Å²) in [7, 11) is 0. The second kappa shape index (κ2) is 5.43. The number of aromatic carboxylic acids is 1. The molecule has 0 amide bonds. The predicted molar refractivity (Wildman–Crippen MR) is 65.5 cm³/mol. The highest BCUT2D eigenvalue weighted by Gasteiger charge is 2.32. The lowest BCUT2D eigenvalue weighted by molar-refractivity contribution is -0.274. The Morgan fingerprint density at radius 2 is 1.71 bits per heavy atom. The highest BCUT2D eigenvalue weighted by Crippen LogP contribution is 2.35. The molecule has 3 nitrogen and oxygen atoms in total. The molecule has 2 rings (SSSR count). The molecular weight excluding hydrogens is 292 g/mol. The van der Waals surface area contributed by atoms with Crippen molar-refractivity contribution < 1.29 is 32.2 Å². The molecule has 0 saturated heterocycles. The second-order valence-electron chi connectivity index (χ2n) is 4.04. The van der Waals surface area contributed by atoms with Gasteiger partial charge in [-0.05, 0) is 24.3 Å². The SMILES string of the molecule is O=C(O)c1ccc(F)c(-c2ccccc2OC(F)(F)F)c1. The fourth-order valence-corrected chi connectivity index (χ4v) is 1.77. The molecule has 0 fully saturated rings. The molecule has 0 atom stereocenters. The monoisotopic (exact) mass is 300 g/mol. The summed E-state index contributed by atoms with van der Waals surface area (Å²) >= 11 is 0. The van der Waals surface area contributed by atoms with Crippen LogP contribution in [0.1, 0.15) is 10.4 Å². The van der Waals surface area contributed by atoms with Crippen molar-refractivity contribution in [2.45, 2.75) is 6.36 Å². The van der Waals surface area contributed by atoms with Gasteiger partial charge in [0.05, 0.1) is 5.56 Å². The van der Waals surface area contributed by atoms with Gasteiger partial charge >= 0.3 is 12.3 Å². The fraction of sp³-hybridized carbons (Fsp3) is 0.0714. The van der Waals surface area contributed by atoms with Crippen LogP contribution in [0.3, 0.4) is 0 Å². The smallest absolute Gasteiger partial charge is 0.478 e. The maximum atomic E-state index is 13.8. The van der Waals surface area contributed by atoms with Crippen molar-refractivity contribution in [1.82, 2.24) is 0 Å². The average molecular weight is 300 g/mol. The van der Waals surface area contributed by atoms with Gasteiger partial charge in [-0.15, -0.1) is 13.2 Å². The van der Waals surface area contributed by atoms with Crippen LogP contribution in [-0.2, 0) is 0 Å². The molecule has 1 N–H and O–H groups in total. The van der Waals surface area contributed by atoms with Gasteiger partial charge in [0, 0.05) is 11.1 Å². The number of carboxylic acid groups (broad SMARTS) is 1. The van der Waals surface area contributed by atoms with E-state index in [1.807, 2.05) is 0 Å². The number of benzene rings is 2. The van der Waals surface area contributed by atoms with Crippen LogP contribution in [0.2, 0.25) is 0 Å². The number of hydrogen-bond donors (Lipinski definition) is 1. The first kappa shape index (κ1) is 14.8. The summed E-state index contributed by atoms with van der Waals surface area (Å²) in [5.74, 6) is -2.77. The molecule has 21 heavy (non-hydrogen) atoms. The number of alkyl halides is 3. The number of carbonyl (C=O) groups is 1. The standard InChI is InChI=1S/C14H8F4O3/c15-11-6-5-8(13(19)20)7-10(11)9-3-1-2-4-12(9)21-14(16,17)18/h1-7H,(H,19,20). The summed E-state index contributed by atoms with van der Waals surface area (Å²) in [6, 6.07) is 7.78. The van der Waals surface area contributed by atoms with E-state index >= 15 is 0 Å². The summed E-state index contributed by atoms with van der Waals surface area (Å²) in [6.07, 6.45) is -4.93. The van der Waals surface area contributed by atoms with Crippen molar-refractivity contribution in [1.29, 1.82) is 0 Å². The van der Waals surface area contributed by atoms with Gasteiger partial charge in [0.25, 0.3) is 0 Å². The number of ether oxygens (including phenoxy) is 1. The maximum absolute atomic E-state index is 13.8. The number of carboxylic acids is 1. The lowest BCUT2D eigenvalue weighted by atomic mass is 10.0. The number of rotatable bonds is 3. The number of hydrogen-bond acceptors (Lipinski definition) is 2. The molecule has 2 aromatic carbocycles. The van der Waals surface area contributed by atoms with Crippen molar-refractivity contribution in [3.8, 4) is 16.9 Å². The molecule has 0 aliphatic heterocycles. The predicted octanol–water partition coefficient (Wildman–Crippen LogP) is 4.09. The first-order valence-corrected chi connectivity index (χ1v) is 5.66. The van der Waals surface area contributed by atoms with Crippen LogP contribution in [0.25, 0.3) is 11.1 Å². The van der Waals surface area contributed by atoms with E-state index in [0.717, 1.165) is 24.3 Å². The fourth-order valence-electron chi connectivity index (χ4n) is 1.77. The summed E-state index contributed by atoms with van der Waals surface area (Å²) < 4.78 is 54.6. The van der Waals surface area contributed by atoms with Crippen molar-refractivity contribution >= 4 is 5.97 Å². The molecule has 0 saturated carbocycles. The Kier molecular flexibility index (Phi) is 3.84. The van der Waals surface area contributed by atoms with Gasteiger partial charge in [-0.1, -0.05) is 18.2 Å². The zero-order valence-corrected chi connectivity index (χ0v) is 10.3. The molecule has 0 aromatic heterocycles. The Labute approximate surface area is 116 Å². The van der Waals surface area contributed by atoms with E-state index in [0.29, 0.717) is 0 Å². The minimum atomic E-state index is -4.93. The van der Waals surface area contributed by atoms with Crippen LogP contribution >= 0.6 is 0 Å². The van der Waals surface area contributed by atoms with Crippen molar-refractivity contribution in [2.75, 3.05) is 0 Å². The van der Waals surface area contributed by atoms with E-state index in [1.165, 1.54) is 18.2 Å². The normalized spacial score (nSPS) is 11.2. The summed E-state index contributed by atoms with van der Waals surface area (Å²) in [5.41, 5.74) is -0.710. The van der Waals surface area contributed by atoms with Crippen LogP contribution in [0.5, 0.6) is 5.75 Å². The van der Waals surface area contributed by atoms with Crippen molar-refractivity contribution in [2.24, 2.45) is 0 Å². The van der Waals surface area contributed by atoms with E-state index in [-0.39, 0.29) is 16.7 Å². The molecule has 0 aliphatic carbocycles. The first-order valence-electron chi connectivity index (χ1n) is 5.66. The van der Waals surface area contributed by atoms with Crippen LogP contribution in [0, 0.1) is 5.82 Å². The number of para-hydroxylation sites is 1. The van der Waals surface area contributed by atoms with E-state index in [9.17, 15) is 22.4 Å². The third kappa shape index (κ3) is 3.50. The van der Waals surface area contributed by atoms with Crippen LogP contribution in [0.4, 0.5) is 17.6 Å². The Morgan fingerprint density at radius 3 is 2.33 bits per heavy atom. The summed E-state index contributed by atoms with van der Waals surface area (Å²) in [6.45, 7) is 0. The van der Waals surface area contributed by atoms with Gasteiger partial charge in [0.2, 0.25) is 0 Å². The summed E-state index contributed by atoms with van der Waals surface area (Å²) in [5, 5.41) is 8.87. The summed E-state index contributed by atoms with van der Waals surface area (Å²) in [4.78, 5) is 10.9. The first-order chi connectivity index (χ1) is 9.78. The molecule has 0 spiro atoms. The highest BCUT2D eigenvalue weighted by atomic mass is 19.4. The highest BCUT2D eigenvalue weighted by molar-refractivity contribution is 5.90. The maximum Gasteiger partial charge on any atom is 0.573 e. The van der Waals surface area contributed by atoms with Gasteiger partial charge < -0.3 is 9.84 Å². The van der Waals surface area contributed by atoms with Gasteiger partial charge in [-0.3, -0.25) is 0 Å². The second-order valence-corrected chi connectivity index (χ2v) is 4.04. The largest absolute Gasteiger partial charge is 0.573 e. The van der Waals surface area contributed by atoms with Crippen LogP contribution in [0.15, 0.2) is 42.5 Å². The zero-order chi connectivity index (χ0) is 15.6. The average Bonchev–Trinajstić information content (AvgIpc) is 2.38. The molecule has 2 aromatic rings. The molecule has 110 valence electrons. The minimum Gasteiger partial charge on any atom is -0.478 e. The van der Waals surface area contributed by atoms with Gasteiger partial charge in [-0.25, -0.2) is 9.18 Å². The lowest BCUT2D eigenvalue weighted by Crippen LogP contribution is -2.17. The van der Waals surface area contributed by atoms with Gasteiger partial charge in [-0.2, -0.15) is 0 Å². The molecule has 0 unspecified atom stereocenters. The molecule has 0 heterocycles. The molecular formula is C14H8F4O3. The van der Waals surface area contributed by atoms with Crippen molar-refractivity contribution in [3.63, 3.8) is 0 Å². The molecule has 0 bridgehead atoms. The molecule has 7 heteroatoms. The Morgan fingerprint density at radius 1 is 1.05 bits per heavy atom. The third-order valence-corrected chi connectivity index (χ3v) is 2.62. The Balaban J connectivity index is 2.56. The zero-order valence-electron chi connectivity index (χ0n) is 10.3. The van der Waals surface area contributed by atoms with E-state index in [2.05, 4.69) is 4.74 Å². The Hall–Kier alpha value is -2.57. The Bertz CT molecular complexity index is 680. The van der Waals surface area contributed by atoms with Crippen molar-refractivity contribution in [3.05, 3.63) is 53.8 Å².